The second kappa shape index (κ2) is 7.26. The highest BCUT2D eigenvalue weighted by atomic mass is 19.1. The molecule has 2 heterocycles. The molecule has 0 aliphatic carbocycles. The Labute approximate surface area is 159 Å². The van der Waals surface area contributed by atoms with Crippen molar-refractivity contribution in [2.45, 2.75) is 13.2 Å². The molecule has 4 rings (SSSR count). The van der Waals surface area contributed by atoms with E-state index in [4.69, 9.17) is 9.47 Å². The Morgan fingerprint density at radius 1 is 1.21 bits per heavy atom. The molecule has 0 saturated carbocycles. The Morgan fingerprint density at radius 3 is 2.89 bits per heavy atom. The van der Waals surface area contributed by atoms with Crippen LogP contribution >= 0.6 is 0 Å². The molecule has 0 saturated heterocycles. The van der Waals surface area contributed by atoms with E-state index in [2.05, 4.69) is 10.3 Å². The highest BCUT2D eigenvalue weighted by Gasteiger charge is 2.20. The minimum atomic E-state index is -0.832. The van der Waals surface area contributed by atoms with Crippen molar-refractivity contribution in [2.24, 2.45) is 0 Å². The molecule has 7 heteroatoms. The van der Waals surface area contributed by atoms with Crippen molar-refractivity contribution < 1.29 is 23.0 Å². The predicted octanol–water partition coefficient (Wildman–Crippen LogP) is 3.86. The SMILES string of the molecule is COc1ccc(F)c(CNC(=O)c2ccc3c(c2)OCc2cnccc2-3)c1F. The number of fused-ring (bicyclic) bond motifs is 3. The monoisotopic (exact) mass is 382 g/mol. The predicted molar refractivity (Wildman–Crippen MR) is 98.1 cm³/mol. The molecule has 1 aromatic heterocycles. The van der Waals surface area contributed by atoms with Gasteiger partial charge in [-0.1, -0.05) is 0 Å². The summed E-state index contributed by atoms with van der Waals surface area (Å²) in [5.74, 6) is -1.56. The molecule has 1 aliphatic rings. The quantitative estimate of drug-likeness (QED) is 0.745. The van der Waals surface area contributed by atoms with Gasteiger partial charge in [0.05, 0.1) is 7.11 Å². The van der Waals surface area contributed by atoms with Crippen LogP contribution in [0.25, 0.3) is 11.1 Å². The first-order chi connectivity index (χ1) is 13.6. The Kier molecular flexibility index (Phi) is 4.65. The maximum Gasteiger partial charge on any atom is 0.251 e. The normalized spacial score (nSPS) is 11.8. The lowest BCUT2D eigenvalue weighted by atomic mass is 9.97. The summed E-state index contributed by atoms with van der Waals surface area (Å²) in [5.41, 5.74) is 2.91. The maximum absolute atomic E-state index is 14.2. The number of aromatic nitrogens is 1. The van der Waals surface area contributed by atoms with Crippen molar-refractivity contribution in [2.75, 3.05) is 7.11 Å². The molecule has 1 amide bonds. The van der Waals surface area contributed by atoms with Gasteiger partial charge >= 0.3 is 0 Å². The van der Waals surface area contributed by atoms with Crippen molar-refractivity contribution >= 4 is 5.91 Å². The van der Waals surface area contributed by atoms with Crippen molar-refractivity contribution in [3.63, 3.8) is 0 Å². The average molecular weight is 382 g/mol. The van der Waals surface area contributed by atoms with Gasteiger partial charge in [-0.25, -0.2) is 8.78 Å². The molecule has 5 nitrogen and oxygen atoms in total. The van der Waals surface area contributed by atoms with Crippen LogP contribution in [0.2, 0.25) is 0 Å². The number of carbonyl (C=O) groups excluding carboxylic acids is 1. The van der Waals surface area contributed by atoms with Crippen LogP contribution < -0.4 is 14.8 Å². The average Bonchev–Trinajstić information content (AvgIpc) is 2.73. The minimum Gasteiger partial charge on any atom is -0.494 e. The van der Waals surface area contributed by atoms with Gasteiger partial charge in [-0.2, -0.15) is 0 Å². The van der Waals surface area contributed by atoms with Crippen molar-refractivity contribution in [1.82, 2.24) is 10.3 Å². The molecule has 142 valence electrons. The van der Waals surface area contributed by atoms with E-state index in [1.807, 2.05) is 6.07 Å². The highest BCUT2D eigenvalue weighted by Crippen LogP contribution is 2.37. The summed E-state index contributed by atoms with van der Waals surface area (Å²) in [6.07, 6.45) is 3.45. The first-order valence-electron chi connectivity index (χ1n) is 8.57. The zero-order valence-electron chi connectivity index (χ0n) is 15.0. The Bertz CT molecular complexity index is 1070. The van der Waals surface area contributed by atoms with Crippen LogP contribution in [0.3, 0.4) is 0 Å². The van der Waals surface area contributed by atoms with E-state index in [1.54, 1.807) is 30.6 Å². The number of pyridine rings is 1. The minimum absolute atomic E-state index is 0.0824. The van der Waals surface area contributed by atoms with Crippen LogP contribution in [-0.4, -0.2) is 18.0 Å². The molecule has 0 radical (unpaired) electrons. The molecule has 0 spiro atoms. The van der Waals surface area contributed by atoms with Gasteiger partial charge in [0.15, 0.2) is 11.6 Å². The standard InChI is InChI=1S/C21H16F2N2O3/c1-27-18-5-4-17(22)16(20(18)23)10-25-21(26)12-2-3-15-14-6-7-24-9-13(14)11-28-19(15)8-12/h2-9H,10-11H2,1H3,(H,25,26). The smallest absolute Gasteiger partial charge is 0.251 e. The second-order valence-electron chi connectivity index (χ2n) is 6.26. The van der Waals surface area contributed by atoms with E-state index in [1.165, 1.54) is 13.2 Å². The van der Waals surface area contributed by atoms with Crippen molar-refractivity contribution in [1.29, 1.82) is 0 Å². The molecule has 3 aromatic rings. The van der Waals surface area contributed by atoms with E-state index in [0.717, 1.165) is 22.8 Å². The number of carbonyl (C=O) groups is 1. The summed E-state index contributed by atoms with van der Waals surface area (Å²) in [6.45, 7) is 0.0572. The molecule has 1 N–H and O–H groups in total. The summed E-state index contributed by atoms with van der Waals surface area (Å²) in [7, 11) is 1.29. The van der Waals surface area contributed by atoms with E-state index in [0.29, 0.717) is 17.9 Å². The highest BCUT2D eigenvalue weighted by molar-refractivity contribution is 5.95. The summed E-state index contributed by atoms with van der Waals surface area (Å²) < 4.78 is 38.7. The number of ether oxygens (including phenoxy) is 2. The molecule has 0 bridgehead atoms. The van der Waals surface area contributed by atoms with Gasteiger partial charge in [0, 0.05) is 41.2 Å². The number of hydrogen-bond donors (Lipinski definition) is 1. The van der Waals surface area contributed by atoms with Crippen molar-refractivity contribution in [3.05, 3.63) is 77.1 Å². The molecule has 28 heavy (non-hydrogen) atoms. The largest absolute Gasteiger partial charge is 0.494 e. The van der Waals surface area contributed by atoms with Gasteiger partial charge in [0.1, 0.15) is 18.2 Å². The van der Waals surface area contributed by atoms with Crippen LogP contribution in [0, 0.1) is 11.6 Å². The lowest BCUT2D eigenvalue weighted by molar-refractivity contribution is 0.0949. The number of amides is 1. The van der Waals surface area contributed by atoms with Gasteiger partial charge in [-0.3, -0.25) is 9.78 Å². The third-order valence-corrected chi connectivity index (χ3v) is 4.62. The van der Waals surface area contributed by atoms with Crippen LogP contribution in [0.15, 0.2) is 48.8 Å². The zero-order chi connectivity index (χ0) is 19.7. The maximum atomic E-state index is 14.2. The Morgan fingerprint density at radius 2 is 2.07 bits per heavy atom. The van der Waals surface area contributed by atoms with Crippen LogP contribution in [0.1, 0.15) is 21.5 Å². The van der Waals surface area contributed by atoms with E-state index < -0.39 is 17.5 Å². The Balaban J connectivity index is 1.55. The van der Waals surface area contributed by atoms with Gasteiger partial charge in [0.2, 0.25) is 0 Å². The molecule has 2 aromatic carbocycles. The molecule has 0 unspecified atom stereocenters. The summed E-state index contributed by atoms with van der Waals surface area (Å²) in [5, 5.41) is 2.53. The third kappa shape index (κ3) is 3.15. The number of hydrogen-bond acceptors (Lipinski definition) is 4. The van der Waals surface area contributed by atoms with Crippen LogP contribution in [-0.2, 0) is 13.2 Å². The number of nitrogens with one attached hydrogen (secondary N) is 1. The molecule has 1 aliphatic heterocycles. The molecular formula is C21H16F2N2O3. The second-order valence-corrected chi connectivity index (χ2v) is 6.26. The van der Waals surface area contributed by atoms with Gasteiger partial charge in [-0.05, 0) is 42.0 Å². The number of nitrogens with zero attached hydrogens (tertiary/aromatic N) is 1. The lowest BCUT2D eigenvalue weighted by Crippen LogP contribution is -2.24. The first-order valence-corrected chi connectivity index (χ1v) is 8.57. The van der Waals surface area contributed by atoms with Gasteiger partial charge in [-0.15, -0.1) is 0 Å². The van der Waals surface area contributed by atoms with Crippen LogP contribution in [0.5, 0.6) is 11.5 Å². The number of methoxy groups -OCH3 is 1. The topological polar surface area (TPSA) is 60.5 Å². The molecule has 0 fully saturated rings. The van der Waals surface area contributed by atoms with Crippen LogP contribution in [0.4, 0.5) is 8.78 Å². The summed E-state index contributed by atoms with van der Waals surface area (Å²) in [6, 6.07) is 9.24. The number of rotatable bonds is 4. The van der Waals surface area contributed by atoms with E-state index >= 15 is 0 Å². The third-order valence-electron chi connectivity index (χ3n) is 4.62. The summed E-state index contributed by atoms with van der Waals surface area (Å²) >= 11 is 0. The first kappa shape index (κ1) is 17.9. The number of benzene rings is 2. The Hall–Kier alpha value is -3.48. The van der Waals surface area contributed by atoms with Gasteiger partial charge in [0.25, 0.3) is 5.91 Å². The fourth-order valence-electron chi connectivity index (χ4n) is 3.13. The summed E-state index contributed by atoms with van der Waals surface area (Å²) in [4.78, 5) is 16.6. The fraction of sp³-hybridized carbons (Fsp3) is 0.143. The van der Waals surface area contributed by atoms with E-state index in [-0.39, 0.29) is 17.9 Å². The molecular weight excluding hydrogens is 366 g/mol. The van der Waals surface area contributed by atoms with E-state index in [9.17, 15) is 13.6 Å². The van der Waals surface area contributed by atoms with Crippen molar-refractivity contribution in [3.8, 4) is 22.6 Å². The zero-order valence-corrected chi connectivity index (χ0v) is 15.0. The lowest BCUT2D eigenvalue weighted by Gasteiger charge is -2.20. The number of halogens is 2. The molecule has 0 atom stereocenters. The van der Waals surface area contributed by atoms with Gasteiger partial charge < -0.3 is 14.8 Å². The fourth-order valence-corrected chi connectivity index (χ4v) is 3.13.